The van der Waals surface area contributed by atoms with Gasteiger partial charge in [0.2, 0.25) is 0 Å². The van der Waals surface area contributed by atoms with Gasteiger partial charge in [-0.2, -0.15) is 0 Å². The van der Waals surface area contributed by atoms with Crippen molar-refractivity contribution >= 4 is 21.7 Å². The van der Waals surface area contributed by atoms with E-state index in [9.17, 15) is 0 Å². The lowest BCUT2D eigenvalue weighted by atomic mass is 10.1. The van der Waals surface area contributed by atoms with Crippen molar-refractivity contribution in [2.75, 3.05) is 12.8 Å². The highest BCUT2D eigenvalue weighted by molar-refractivity contribution is 9.10. The summed E-state index contributed by atoms with van der Waals surface area (Å²) in [5.74, 6) is 3.78. The van der Waals surface area contributed by atoms with Crippen molar-refractivity contribution in [1.82, 2.24) is 9.55 Å². The SMILES string of the molecule is C#CCn1cnc(-c2cc(Br)ccc2OC)c1N. The number of anilines is 1. The number of ether oxygens (including phenoxy) is 1. The number of methoxy groups -OCH3 is 1. The summed E-state index contributed by atoms with van der Waals surface area (Å²) < 4.78 is 7.97. The number of rotatable bonds is 3. The maximum absolute atomic E-state index is 6.03. The number of nitrogens with zero attached hydrogens (tertiary/aromatic N) is 2. The Morgan fingerprint density at radius 2 is 2.33 bits per heavy atom. The zero-order valence-electron chi connectivity index (χ0n) is 9.85. The molecule has 0 bridgehead atoms. The summed E-state index contributed by atoms with van der Waals surface area (Å²) in [6.07, 6.45) is 6.90. The Labute approximate surface area is 114 Å². The van der Waals surface area contributed by atoms with Gasteiger partial charge in [0.05, 0.1) is 20.0 Å². The first-order valence-corrected chi connectivity index (χ1v) is 6.04. The van der Waals surface area contributed by atoms with E-state index in [4.69, 9.17) is 16.9 Å². The molecule has 18 heavy (non-hydrogen) atoms. The van der Waals surface area contributed by atoms with Crippen LogP contribution < -0.4 is 10.5 Å². The predicted octanol–water partition coefficient (Wildman–Crippen LogP) is 2.54. The first-order chi connectivity index (χ1) is 8.67. The first kappa shape index (κ1) is 12.5. The average Bonchev–Trinajstić information content (AvgIpc) is 2.72. The third-order valence-electron chi connectivity index (χ3n) is 2.56. The molecule has 0 amide bonds. The Morgan fingerprint density at radius 1 is 1.56 bits per heavy atom. The minimum atomic E-state index is 0.398. The topological polar surface area (TPSA) is 53.1 Å². The molecule has 0 saturated heterocycles. The fourth-order valence-corrected chi connectivity index (χ4v) is 2.05. The summed E-state index contributed by atoms with van der Waals surface area (Å²) in [5.41, 5.74) is 7.53. The maximum atomic E-state index is 6.03. The van der Waals surface area contributed by atoms with Crippen LogP contribution in [-0.2, 0) is 6.54 Å². The standard InChI is InChI=1S/C13H12BrN3O/c1-3-6-17-8-16-12(13(17)15)10-7-9(14)4-5-11(10)18-2/h1,4-5,7-8H,6,15H2,2H3. The average molecular weight is 306 g/mol. The van der Waals surface area contributed by atoms with Gasteiger partial charge in [-0.25, -0.2) is 4.98 Å². The van der Waals surface area contributed by atoms with Crippen molar-refractivity contribution in [2.24, 2.45) is 0 Å². The van der Waals surface area contributed by atoms with Gasteiger partial charge in [0, 0.05) is 10.0 Å². The molecule has 0 saturated carbocycles. The van der Waals surface area contributed by atoms with E-state index in [1.807, 2.05) is 18.2 Å². The van der Waals surface area contributed by atoms with Gasteiger partial charge in [-0.1, -0.05) is 21.9 Å². The van der Waals surface area contributed by atoms with Crippen LogP contribution in [0.4, 0.5) is 5.82 Å². The van der Waals surface area contributed by atoms with Crippen LogP contribution in [0.5, 0.6) is 5.75 Å². The number of benzene rings is 1. The largest absolute Gasteiger partial charge is 0.496 e. The Kier molecular flexibility index (Phi) is 3.58. The minimum Gasteiger partial charge on any atom is -0.496 e. The van der Waals surface area contributed by atoms with E-state index in [1.165, 1.54) is 0 Å². The number of terminal acetylenes is 1. The van der Waals surface area contributed by atoms with Gasteiger partial charge in [0.1, 0.15) is 17.3 Å². The van der Waals surface area contributed by atoms with Gasteiger partial charge in [-0.05, 0) is 18.2 Å². The maximum Gasteiger partial charge on any atom is 0.132 e. The summed E-state index contributed by atoms with van der Waals surface area (Å²) in [6.45, 7) is 0.398. The zero-order chi connectivity index (χ0) is 13.1. The molecule has 0 aliphatic carbocycles. The Bertz CT molecular complexity index is 613. The summed E-state index contributed by atoms with van der Waals surface area (Å²) in [7, 11) is 1.61. The molecule has 0 atom stereocenters. The number of imidazole rings is 1. The van der Waals surface area contributed by atoms with Crippen molar-refractivity contribution in [1.29, 1.82) is 0 Å². The lowest BCUT2D eigenvalue weighted by Crippen LogP contribution is -2.01. The molecule has 2 rings (SSSR count). The Morgan fingerprint density at radius 3 is 3.00 bits per heavy atom. The van der Waals surface area contributed by atoms with Crippen LogP contribution in [0.1, 0.15) is 0 Å². The number of hydrogen-bond acceptors (Lipinski definition) is 3. The van der Waals surface area contributed by atoms with E-state index in [0.717, 1.165) is 15.8 Å². The molecule has 2 N–H and O–H groups in total. The quantitative estimate of drug-likeness (QED) is 0.887. The molecular formula is C13H12BrN3O. The molecule has 92 valence electrons. The van der Waals surface area contributed by atoms with Crippen LogP contribution >= 0.6 is 15.9 Å². The smallest absolute Gasteiger partial charge is 0.132 e. The van der Waals surface area contributed by atoms with Gasteiger partial charge < -0.3 is 15.0 Å². The lowest BCUT2D eigenvalue weighted by molar-refractivity contribution is 0.416. The number of aromatic nitrogens is 2. The normalized spacial score (nSPS) is 10.1. The highest BCUT2D eigenvalue weighted by Gasteiger charge is 2.14. The van der Waals surface area contributed by atoms with Crippen molar-refractivity contribution in [2.45, 2.75) is 6.54 Å². The van der Waals surface area contributed by atoms with Gasteiger partial charge in [-0.3, -0.25) is 0 Å². The highest BCUT2D eigenvalue weighted by Crippen LogP contribution is 2.34. The molecule has 0 unspecified atom stereocenters. The van der Waals surface area contributed by atoms with E-state index >= 15 is 0 Å². The number of hydrogen-bond donors (Lipinski definition) is 1. The Balaban J connectivity index is 2.55. The molecule has 5 heteroatoms. The molecule has 0 fully saturated rings. The van der Waals surface area contributed by atoms with E-state index in [1.54, 1.807) is 18.0 Å². The lowest BCUT2D eigenvalue weighted by Gasteiger charge is -2.08. The fraction of sp³-hybridized carbons (Fsp3) is 0.154. The van der Waals surface area contributed by atoms with Gasteiger partial charge >= 0.3 is 0 Å². The Hall–Kier alpha value is -1.93. The van der Waals surface area contributed by atoms with Crippen molar-refractivity contribution < 1.29 is 4.74 Å². The first-order valence-electron chi connectivity index (χ1n) is 5.25. The molecule has 2 aromatic rings. The molecule has 1 aromatic carbocycles. The second-order valence-corrected chi connectivity index (χ2v) is 4.57. The van der Waals surface area contributed by atoms with Crippen molar-refractivity contribution in [3.05, 3.63) is 29.0 Å². The molecular weight excluding hydrogens is 294 g/mol. The van der Waals surface area contributed by atoms with Crippen LogP contribution in [0, 0.1) is 12.3 Å². The van der Waals surface area contributed by atoms with E-state index in [0.29, 0.717) is 18.1 Å². The number of nitrogen functional groups attached to an aromatic ring is 1. The molecule has 0 spiro atoms. The van der Waals surface area contributed by atoms with Crippen molar-refractivity contribution in [3.63, 3.8) is 0 Å². The zero-order valence-corrected chi connectivity index (χ0v) is 11.4. The molecule has 4 nitrogen and oxygen atoms in total. The van der Waals surface area contributed by atoms with Crippen molar-refractivity contribution in [3.8, 4) is 29.4 Å². The van der Waals surface area contributed by atoms with Gasteiger partial charge in [0.25, 0.3) is 0 Å². The summed E-state index contributed by atoms with van der Waals surface area (Å²) in [6, 6.07) is 5.67. The third-order valence-corrected chi connectivity index (χ3v) is 3.05. The second-order valence-electron chi connectivity index (χ2n) is 3.66. The van der Waals surface area contributed by atoms with E-state index < -0.39 is 0 Å². The molecule has 1 heterocycles. The summed E-state index contributed by atoms with van der Waals surface area (Å²) >= 11 is 3.42. The van der Waals surface area contributed by atoms with Gasteiger partial charge in [0.15, 0.2) is 0 Å². The monoisotopic (exact) mass is 305 g/mol. The molecule has 1 aromatic heterocycles. The molecule has 0 radical (unpaired) electrons. The molecule has 0 aliphatic heterocycles. The van der Waals surface area contributed by atoms with Gasteiger partial charge in [-0.15, -0.1) is 6.42 Å². The number of nitrogens with two attached hydrogens (primary N) is 1. The summed E-state index contributed by atoms with van der Waals surface area (Å²) in [5, 5.41) is 0. The third kappa shape index (κ3) is 2.20. The fourth-order valence-electron chi connectivity index (χ4n) is 1.69. The van der Waals surface area contributed by atoms with E-state index in [-0.39, 0.29) is 0 Å². The second kappa shape index (κ2) is 5.15. The van der Waals surface area contributed by atoms with E-state index in [2.05, 4.69) is 26.8 Å². The highest BCUT2D eigenvalue weighted by atomic mass is 79.9. The minimum absolute atomic E-state index is 0.398. The van der Waals surface area contributed by atoms with Crippen LogP contribution in [0.2, 0.25) is 0 Å². The summed E-state index contributed by atoms with van der Waals surface area (Å²) in [4.78, 5) is 4.30. The predicted molar refractivity (Wildman–Crippen MR) is 75.2 cm³/mol. The van der Waals surface area contributed by atoms with Crippen LogP contribution in [0.15, 0.2) is 29.0 Å². The van der Waals surface area contributed by atoms with Crippen LogP contribution in [0.3, 0.4) is 0 Å². The van der Waals surface area contributed by atoms with Crippen LogP contribution in [0.25, 0.3) is 11.3 Å². The number of halogens is 1. The van der Waals surface area contributed by atoms with Crippen LogP contribution in [-0.4, -0.2) is 16.7 Å². The molecule has 0 aliphatic rings.